The van der Waals surface area contributed by atoms with Crippen LogP contribution in [0.15, 0.2) is 11.6 Å². The van der Waals surface area contributed by atoms with Crippen LogP contribution in [0, 0.1) is 50.2 Å². The molecule has 4 saturated carbocycles. The van der Waals surface area contributed by atoms with Crippen LogP contribution in [-0.4, -0.2) is 203 Å². The average Bonchev–Trinajstić information content (AvgIpc) is 3.29. The van der Waals surface area contributed by atoms with Crippen molar-refractivity contribution in [3.8, 4) is 0 Å². The Hall–Kier alpha value is -1.51. The number of esters is 1. The number of hydrogen-bond acceptors (Lipinski definition) is 20. The molecule has 8 aliphatic rings. The number of aliphatic hydroxyl groups is 13. The summed E-state index contributed by atoms with van der Waals surface area (Å²) in [6.45, 7) is 10.7. The number of ether oxygens (including phenoxy) is 6. The van der Waals surface area contributed by atoms with Crippen molar-refractivity contribution >= 4 is 5.97 Å². The summed E-state index contributed by atoms with van der Waals surface area (Å²) in [5.74, 6) is -1.06. The molecular formula is C48H78O20. The molecule has 68 heavy (non-hydrogen) atoms. The van der Waals surface area contributed by atoms with E-state index in [1.165, 1.54) is 0 Å². The molecule has 5 aliphatic carbocycles. The minimum absolute atomic E-state index is 0.00752. The molecule has 20 nitrogen and oxygen atoms in total. The Morgan fingerprint density at radius 1 is 0.632 bits per heavy atom. The third-order valence-electron chi connectivity index (χ3n) is 19.4. The minimum Gasteiger partial charge on any atom is -0.432 e. The zero-order chi connectivity index (χ0) is 49.8. The molecule has 25 atom stereocenters. The number of carbonyl (C=O) groups excluding carboxylic acids is 1. The quantitative estimate of drug-likeness (QED) is 0.0645. The first-order valence-corrected chi connectivity index (χ1v) is 24.6. The van der Waals surface area contributed by atoms with Crippen molar-refractivity contribution in [1.82, 2.24) is 0 Å². The average molecular weight is 975 g/mol. The second kappa shape index (κ2) is 18.8. The van der Waals surface area contributed by atoms with Crippen LogP contribution < -0.4 is 0 Å². The van der Waals surface area contributed by atoms with E-state index in [1.807, 2.05) is 6.92 Å². The highest BCUT2D eigenvalue weighted by Gasteiger charge is 2.71. The van der Waals surface area contributed by atoms with E-state index >= 15 is 0 Å². The van der Waals surface area contributed by atoms with Gasteiger partial charge in [-0.3, -0.25) is 4.79 Å². The molecule has 0 spiro atoms. The van der Waals surface area contributed by atoms with Gasteiger partial charge in [0.05, 0.1) is 44.1 Å². The van der Waals surface area contributed by atoms with Crippen LogP contribution in [0.2, 0.25) is 0 Å². The lowest BCUT2D eigenvalue weighted by molar-refractivity contribution is -0.345. The van der Waals surface area contributed by atoms with Crippen LogP contribution in [0.3, 0.4) is 0 Å². The molecule has 0 aromatic rings. The number of rotatable bonds is 10. The predicted molar refractivity (Wildman–Crippen MR) is 233 cm³/mol. The Morgan fingerprint density at radius 2 is 1.18 bits per heavy atom. The first-order chi connectivity index (χ1) is 31.8. The van der Waals surface area contributed by atoms with Gasteiger partial charge in [0.15, 0.2) is 12.6 Å². The summed E-state index contributed by atoms with van der Waals surface area (Å²) in [5, 5.41) is 139. The monoisotopic (exact) mass is 975 g/mol. The molecule has 0 aromatic heterocycles. The number of allylic oxidation sites excluding steroid dienone is 2. The molecule has 7 fully saturated rings. The second-order valence-corrected chi connectivity index (χ2v) is 23.5. The van der Waals surface area contributed by atoms with Crippen LogP contribution in [0.1, 0.15) is 99.3 Å². The van der Waals surface area contributed by atoms with Crippen molar-refractivity contribution in [2.75, 3.05) is 26.4 Å². The summed E-state index contributed by atoms with van der Waals surface area (Å²) in [6.07, 6.45) is -18.9. The summed E-state index contributed by atoms with van der Waals surface area (Å²) in [4.78, 5) is 15.0. The van der Waals surface area contributed by atoms with Crippen molar-refractivity contribution in [2.24, 2.45) is 50.2 Å². The molecule has 2 unspecified atom stereocenters. The van der Waals surface area contributed by atoms with Gasteiger partial charge >= 0.3 is 5.97 Å². The summed E-state index contributed by atoms with van der Waals surface area (Å²) in [7, 11) is 0. The maximum absolute atomic E-state index is 15.0. The van der Waals surface area contributed by atoms with Crippen LogP contribution >= 0.6 is 0 Å². The van der Waals surface area contributed by atoms with Crippen LogP contribution in [0.25, 0.3) is 0 Å². The molecular weight excluding hydrogens is 897 g/mol. The number of carbonyl (C=O) groups is 1. The zero-order valence-electron chi connectivity index (χ0n) is 40.0. The van der Waals surface area contributed by atoms with Crippen molar-refractivity contribution < 1.29 is 99.6 Å². The molecule has 390 valence electrons. The largest absolute Gasteiger partial charge is 0.432 e. The van der Waals surface area contributed by atoms with Gasteiger partial charge in [-0.1, -0.05) is 53.2 Å². The molecule has 13 N–H and O–H groups in total. The van der Waals surface area contributed by atoms with Gasteiger partial charge in [0, 0.05) is 5.41 Å². The van der Waals surface area contributed by atoms with Gasteiger partial charge in [0.1, 0.15) is 73.2 Å². The Labute approximate surface area is 396 Å². The van der Waals surface area contributed by atoms with Gasteiger partial charge in [0.2, 0.25) is 6.29 Å². The zero-order valence-corrected chi connectivity index (χ0v) is 40.0. The maximum Gasteiger partial charge on any atom is 0.315 e. The predicted octanol–water partition coefficient (Wildman–Crippen LogP) is -1.92. The van der Waals surface area contributed by atoms with E-state index in [1.54, 1.807) is 0 Å². The van der Waals surface area contributed by atoms with Crippen LogP contribution in [0.5, 0.6) is 0 Å². The van der Waals surface area contributed by atoms with Gasteiger partial charge in [-0.15, -0.1) is 0 Å². The van der Waals surface area contributed by atoms with Crippen molar-refractivity contribution in [1.29, 1.82) is 0 Å². The fourth-order valence-corrected chi connectivity index (χ4v) is 15.1. The molecule has 3 heterocycles. The summed E-state index contributed by atoms with van der Waals surface area (Å²) >= 11 is 0. The van der Waals surface area contributed by atoms with E-state index in [2.05, 4.69) is 40.7 Å². The van der Waals surface area contributed by atoms with E-state index < -0.39 is 152 Å². The molecule has 3 saturated heterocycles. The Kier molecular flexibility index (Phi) is 14.6. The number of aliphatic hydroxyl groups excluding tert-OH is 13. The van der Waals surface area contributed by atoms with Gasteiger partial charge < -0.3 is 94.8 Å². The van der Waals surface area contributed by atoms with Gasteiger partial charge in [-0.2, -0.15) is 0 Å². The topological polar surface area (TPSA) is 335 Å². The molecule has 8 rings (SSSR count). The summed E-state index contributed by atoms with van der Waals surface area (Å²) in [6, 6.07) is 0. The summed E-state index contributed by atoms with van der Waals surface area (Å²) < 4.78 is 35.0. The molecule has 3 aliphatic heterocycles. The third kappa shape index (κ3) is 8.16. The maximum atomic E-state index is 15.0. The summed E-state index contributed by atoms with van der Waals surface area (Å²) in [5.41, 5.74) is -2.39. The fraction of sp³-hybridized carbons (Fsp3) is 0.938. The van der Waals surface area contributed by atoms with Crippen molar-refractivity contribution in [2.45, 2.75) is 204 Å². The Balaban J connectivity index is 1.03. The Morgan fingerprint density at radius 3 is 1.78 bits per heavy atom. The van der Waals surface area contributed by atoms with Crippen LogP contribution in [-0.2, 0) is 33.2 Å². The first-order valence-electron chi connectivity index (χ1n) is 24.6. The normalized spacial score (nSPS) is 54.6. The lowest BCUT2D eigenvalue weighted by Crippen LogP contribution is -2.69. The fourth-order valence-electron chi connectivity index (χ4n) is 15.1. The van der Waals surface area contributed by atoms with E-state index in [0.717, 1.165) is 12.0 Å². The van der Waals surface area contributed by atoms with Crippen molar-refractivity contribution in [3.63, 3.8) is 0 Å². The minimum atomic E-state index is -1.84. The highest BCUT2D eigenvalue weighted by molar-refractivity contribution is 5.79. The van der Waals surface area contributed by atoms with Gasteiger partial charge in [0.25, 0.3) is 0 Å². The second-order valence-electron chi connectivity index (χ2n) is 23.5. The SMILES string of the molecule is CC1(C)CC[C@]2(C(=O)O[C@@H]3O[C@H](CO[C@@H]4O[C@H](CO)[C@@H](O)[C@H](O)[C@H]4O)[C@@H](O)[C@H](O)[C@H]3O)CC[C@]3(C)C(=CC[C@@H]4[C@@]5(C)C[C@@H](O)[C@H](O[C@@H]6O[C@H](CO)[C@@H](O)[C@H](O)[C@H]6O)[C@@](C)(CO)C5CC[C@]43C)C2C1. The van der Waals surface area contributed by atoms with E-state index in [0.29, 0.717) is 51.4 Å². The standard InChI is InChI=1S/C48H78O20/c1-43(2)11-13-48(42(62)68-41-37(61)34(58)31(55)26(66-41)19-63-39-35(59)32(56)29(53)24(17-49)64-39)14-12-46(5)21(22(48)15-43)7-8-28-44(3)16-23(52)38(45(4,20-51)27(44)9-10-47(28,46)6)67-40-36(60)33(57)30(54)25(18-50)65-40/h7,22-41,49-61H,8-20H2,1-6H3/t22?,23-,24-,25-,26-,27?,28-,29-,30-,31-,32+,33+,34+,35-,36-,37-,38+,39-,40+,41+,44+,45+,46-,47-,48+/m1/s1. The third-order valence-corrected chi connectivity index (χ3v) is 19.4. The highest BCUT2D eigenvalue weighted by atomic mass is 16.7. The lowest BCUT2D eigenvalue weighted by atomic mass is 9.33. The molecule has 0 aromatic carbocycles. The molecule has 0 amide bonds. The molecule has 0 radical (unpaired) electrons. The number of hydrogen-bond donors (Lipinski definition) is 13. The van der Waals surface area contributed by atoms with Gasteiger partial charge in [-0.05, 0) is 97.2 Å². The van der Waals surface area contributed by atoms with E-state index in [4.69, 9.17) is 28.4 Å². The number of fused-ring (bicyclic) bond motifs is 7. The van der Waals surface area contributed by atoms with Gasteiger partial charge in [-0.25, -0.2) is 0 Å². The van der Waals surface area contributed by atoms with E-state index in [-0.39, 0.29) is 35.2 Å². The highest BCUT2D eigenvalue weighted by Crippen LogP contribution is 2.76. The molecule has 20 heteroatoms. The first kappa shape index (κ1) is 52.8. The Bertz CT molecular complexity index is 1850. The van der Waals surface area contributed by atoms with E-state index in [9.17, 15) is 71.2 Å². The lowest BCUT2D eigenvalue weighted by Gasteiger charge is -2.72. The molecule has 0 bridgehead atoms. The van der Waals surface area contributed by atoms with Crippen LogP contribution in [0.4, 0.5) is 0 Å². The smallest absolute Gasteiger partial charge is 0.315 e. The van der Waals surface area contributed by atoms with Crippen molar-refractivity contribution in [3.05, 3.63) is 11.6 Å².